The molecule has 0 aliphatic heterocycles. The van der Waals surface area contributed by atoms with Crippen LogP contribution in [0.1, 0.15) is 31.9 Å². The number of carbonyl (C=O) groups is 1. The van der Waals surface area contributed by atoms with E-state index in [1.165, 1.54) is 6.07 Å². The Labute approximate surface area is 109 Å². The third kappa shape index (κ3) is 4.15. The van der Waals surface area contributed by atoms with Crippen LogP contribution in [0, 0.1) is 0 Å². The normalized spacial score (nSPS) is 12.3. The summed E-state index contributed by atoms with van der Waals surface area (Å²) in [5, 5.41) is 8.45. The molecule has 0 saturated carbocycles. The van der Waals surface area contributed by atoms with Crippen molar-refractivity contribution in [2.24, 2.45) is 0 Å². The summed E-state index contributed by atoms with van der Waals surface area (Å²) in [6.07, 6.45) is -4.59. The van der Waals surface area contributed by atoms with Crippen LogP contribution < -0.4 is 4.74 Å². The number of rotatable bonds is 3. The summed E-state index contributed by atoms with van der Waals surface area (Å²) in [5.41, 5.74) is -0.894. The summed E-state index contributed by atoms with van der Waals surface area (Å²) >= 11 is 0. The Morgan fingerprint density at radius 2 is 1.84 bits per heavy atom. The highest BCUT2D eigenvalue weighted by atomic mass is 19.4. The molecule has 0 saturated heterocycles. The van der Waals surface area contributed by atoms with Crippen molar-refractivity contribution in [1.29, 1.82) is 0 Å². The van der Waals surface area contributed by atoms with Gasteiger partial charge >= 0.3 is 12.1 Å². The minimum Gasteiger partial charge on any atom is -0.481 e. The Hall–Kier alpha value is -1.72. The molecule has 0 radical (unpaired) electrons. The van der Waals surface area contributed by atoms with Crippen LogP contribution in [-0.4, -0.2) is 17.7 Å². The van der Waals surface area contributed by atoms with Gasteiger partial charge in [-0.25, -0.2) is 4.79 Å². The predicted molar refractivity (Wildman–Crippen MR) is 63.3 cm³/mol. The van der Waals surface area contributed by atoms with E-state index in [-0.39, 0.29) is 0 Å². The number of ether oxygens (including phenoxy) is 1. The van der Waals surface area contributed by atoms with Crippen LogP contribution in [0.2, 0.25) is 0 Å². The zero-order valence-corrected chi connectivity index (χ0v) is 10.8. The van der Waals surface area contributed by atoms with Gasteiger partial charge in [-0.15, -0.1) is 0 Å². The molecule has 1 aromatic carbocycles. The Balaban J connectivity index is 3.22. The van der Waals surface area contributed by atoms with Crippen LogP contribution in [0.4, 0.5) is 13.2 Å². The minimum absolute atomic E-state index is 0.439. The van der Waals surface area contributed by atoms with Crippen molar-refractivity contribution >= 4 is 5.97 Å². The highest BCUT2D eigenvalue weighted by Gasteiger charge is 2.35. The van der Waals surface area contributed by atoms with Gasteiger partial charge in [-0.05, 0) is 23.1 Å². The van der Waals surface area contributed by atoms with Crippen molar-refractivity contribution < 1.29 is 27.8 Å². The number of aliphatic carboxylic acids is 1. The molecule has 19 heavy (non-hydrogen) atoms. The number of halogens is 3. The second-order valence-corrected chi connectivity index (χ2v) is 5.14. The molecule has 6 heteroatoms. The molecule has 0 aromatic heterocycles. The SMILES string of the molecule is CC(C)(C)c1ccc(OCC(=O)O)c(C(F)(F)F)c1. The average Bonchev–Trinajstić information content (AvgIpc) is 2.23. The van der Waals surface area contributed by atoms with E-state index in [1.807, 2.05) is 0 Å². The molecule has 0 bridgehead atoms. The lowest BCUT2D eigenvalue weighted by Crippen LogP contribution is -2.17. The van der Waals surface area contributed by atoms with Gasteiger partial charge in [0.1, 0.15) is 5.75 Å². The third-order valence-electron chi connectivity index (χ3n) is 2.50. The number of benzene rings is 1. The van der Waals surface area contributed by atoms with Gasteiger partial charge in [-0.1, -0.05) is 26.8 Å². The van der Waals surface area contributed by atoms with E-state index in [9.17, 15) is 18.0 Å². The maximum absolute atomic E-state index is 12.9. The number of hydrogen-bond donors (Lipinski definition) is 1. The van der Waals surface area contributed by atoms with E-state index in [2.05, 4.69) is 4.74 Å². The van der Waals surface area contributed by atoms with Gasteiger partial charge in [0.15, 0.2) is 6.61 Å². The van der Waals surface area contributed by atoms with Crippen molar-refractivity contribution in [1.82, 2.24) is 0 Å². The van der Waals surface area contributed by atoms with Crippen LogP contribution in [0.25, 0.3) is 0 Å². The topological polar surface area (TPSA) is 46.5 Å². The molecule has 3 nitrogen and oxygen atoms in total. The van der Waals surface area contributed by atoms with Crippen molar-refractivity contribution in [3.63, 3.8) is 0 Å². The minimum atomic E-state index is -4.59. The Morgan fingerprint density at radius 1 is 1.26 bits per heavy atom. The van der Waals surface area contributed by atoms with Crippen molar-refractivity contribution in [2.45, 2.75) is 32.4 Å². The summed E-state index contributed by atoms with van der Waals surface area (Å²) in [6, 6.07) is 3.66. The first kappa shape index (κ1) is 15.3. The standard InChI is InChI=1S/C13H15F3O3/c1-12(2,3)8-4-5-10(19-7-11(17)18)9(6-8)13(14,15)16/h4-6H,7H2,1-3H3,(H,17,18). The fourth-order valence-electron chi connectivity index (χ4n) is 1.48. The molecule has 0 aliphatic carbocycles. The first-order valence-electron chi connectivity index (χ1n) is 5.58. The van der Waals surface area contributed by atoms with Crippen molar-refractivity contribution in [3.05, 3.63) is 29.3 Å². The summed E-state index contributed by atoms with van der Waals surface area (Å²) in [5.74, 6) is -1.80. The molecular formula is C13H15F3O3. The van der Waals surface area contributed by atoms with Crippen LogP contribution >= 0.6 is 0 Å². The Kier molecular flexibility index (Phi) is 4.12. The lowest BCUT2D eigenvalue weighted by Gasteiger charge is -2.22. The Morgan fingerprint density at radius 3 is 2.26 bits per heavy atom. The highest BCUT2D eigenvalue weighted by Crippen LogP contribution is 2.38. The molecule has 0 amide bonds. The number of alkyl halides is 3. The molecule has 1 aromatic rings. The van der Waals surface area contributed by atoms with Crippen LogP contribution in [0.15, 0.2) is 18.2 Å². The molecular weight excluding hydrogens is 261 g/mol. The lowest BCUT2D eigenvalue weighted by atomic mass is 9.86. The van der Waals surface area contributed by atoms with Gasteiger partial charge in [0.25, 0.3) is 0 Å². The molecule has 1 N–H and O–H groups in total. The third-order valence-corrected chi connectivity index (χ3v) is 2.50. The quantitative estimate of drug-likeness (QED) is 0.919. The van der Waals surface area contributed by atoms with Gasteiger partial charge in [0, 0.05) is 0 Å². The maximum Gasteiger partial charge on any atom is 0.419 e. The van der Waals surface area contributed by atoms with Crippen LogP contribution in [0.3, 0.4) is 0 Å². The average molecular weight is 276 g/mol. The van der Waals surface area contributed by atoms with Crippen LogP contribution in [0.5, 0.6) is 5.75 Å². The number of carboxylic acids is 1. The summed E-state index contributed by atoms with van der Waals surface area (Å²) in [6.45, 7) is 4.57. The molecule has 0 aliphatic rings. The number of carboxylic acid groups (broad SMARTS) is 1. The van der Waals surface area contributed by atoms with Gasteiger partial charge in [0.2, 0.25) is 0 Å². The molecule has 1 rings (SSSR count). The maximum atomic E-state index is 12.9. The summed E-state index contributed by atoms with van der Waals surface area (Å²) < 4.78 is 43.4. The summed E-state index contributed by atoms with van der Waals surface area (Å²) in [7, 11) is 0. The van der Waals surface area contributed by atoms with E-state index in [0.29, 0.717) is 5.56 Å². The van der Waals surface area contributed by atoms with E-state index >= 15 is 0 Å². The molecule has 0 atom stereocenters. The zero-order chi connectivity index (χ0) is 14.8. The zero-order valence-electron chi connectivity index (χ0n) is 10.8. The molecule has 0 spiro atoms. The first-order chi connectivity index (χ1) is 8.51. The van der Waals surface area contributed by atoms with Crippen molar-refractivity contribution in [3.8, 4) is 5.75 Å². The predicted octanol–water partition coefficient (Wildman–Crippen LogP) is 3.47. The van der Waals surface area contributed by atoms with Gasteiger partial charge in [-0.2, -0.15) is 13.2 Å². The number of hydrogen-bond acceptors (Lipinski definition) is 2. The molecule has 0 heterocycles. The monoisotopic (exact) mass is 276 g/mol. The molecule has 0 fully saturated rings. The summed E-state index contributed by atoms with van der Waals surface area (Å²) in [4.78, 5) is 10.4. The Bertz CT molecular complexity index is 473. The van der Waals surface area contributed by atoms with Gasteiger partial charge < -0.3 is 9.84 Å². The van der Waals surface area contributed by atoms with E-state index < -0.39 is 35.5 Å². The first-order valence-corrected chi connectivity index (χ1v) is 5.58. The van der Waals surface area contributed by atoms with E-state index in [0.717, 1.165) is 12.1 Å². The smallest absolute Gasteiger partial charge is 0.419 e. The van der Waals surface area contributed by atoms with Gasteiger partial charge in [0.05, 0.1) is 5.56 Å². The highest BCUT2D eigenvalue weighted by molar-refractivity contribution is 5.68. The van der Waals surface area contributed by atoms with Crippen LogP contribution in [-0.2, 0) is 16.4 Å². The van der Waals surface area contributed by atoms with E-state index in [4.69, 9.17) is 5.11 Å². The molecule has 0 unspecified atom stereocenters. The fourth-order valence-corrected chi connectivity index (χ4v) is 1.48. The lowest BCUT2D eigenvalue weighted by molar-refractivity contribution is -0.143. The van der Waals surface area contributed by atoms with Gasteiger partial charge in [-0.3, -0.25) is 0 Å². The fraction of sp³-hybridized carbons (Fsp3) is 0.462. The second kappa shape index (κ2) is 5.11. The van der Waals surface area contributed by atoms with E-state index in [1.54, 1.807) is 20.8 Å². The molecule has 106 valence electrons. The second-order valence-electron chi connectivity index (χ2n) is 5.14. The largest absolute Gasteiger partial charge is 0.481 e. The van der Waals surface area contributed by atoms with Crippen molar-refractivity contribution in [2.75, 3.05) is 6.61 Å².